The molecule has 10 nitrogen and oxygen atoms in total. The van der Waals surface area contributed by atoms with Gasteiger partial charge >= 0.3 is 11.7 Å². The Morgan fingerprint density at radius 3 is 2.52 bits per heavy atom. The van der Waals surface area contributed by atoms with Gasteiger partial charge in [0, 0.05) is 33.3 Å². The van der Waals surface area contributed by atoms with E-state index in [1.807, 2.05) is 0 Å². The molecule has 1 aliphatic rings. The highest BCUT2D eigenvalue weighted by Crippen LogP contribution is 2.34. The standard InChI is InChI=1S/C23H27N3O7/c1-24-17-5-4-14(10-18(17)25(2)23(24)30)16(12-20(28)31-3)22-21(29)19(27)11-15(33-22)13-26-6-8-32-9-7-26/h4-5,10-11,16,29H,6-9,12-13H2,1-3H3/t16-/m1/s1. The quantitative estimate of drug-likeness (QED) is 0.547. The lowest BCUT2D eigenvalue weighted by Crippen LogP contribution is -2.35. The van der Waals surface area contributed by atoms with Crippen molar-refractivity contribution in [3.8, 4) is 5.75 Å². The summed E-state index contributed by atoms with van der Waals surface area (Å²) in [6.07, 6.45) is -0.152. The van der Waals surface area contributed by atoms with Crippen LogP contribution in [0.15, 0.2) is 38.3 Å². The van der Waals surface area contributed by atoms with E-state index in [1.54, 1.807) is 32.3 Å². The molecule has 4 rings (SSSR count). The summed E-state index contributed by atoms with van der Waals surface area (Å²) in [5.41, 5.74) is 1.21. The SMILES string of the molecule is COC(=O)C[C@H](c1ccc2c(c1)n(C)c(=O)n2C)c1oc(CN2CCOCC2)cc(=O)c1O. The molecule has 1 aromatic carbocycles. The largest absolute Gasteiger partial charge is 0.502 e. The van der Waals surface area contributed by atoms with Gasteiger partial charge in [0.2, 0.25) is 11.2 Å². The second-order valence-corrected chi connectivity index (χ2v) is 8.16. The van der Waals surface area contributed by atoms with Crippen LogP contribution in [0.5, 0.6) is 5.75 Å². The van der Waals surface area contributed by atoms with E-state index in [-0.39, 0.29) is 17.9 Å². The first-order valence-corrected chi connectivity index (χ1v) is 10.7. The number of morpholine rings is 1. The molecule has 0 amide bonds. The number of esters is 1. The van der Waals surface area contributed by atoms with Crippen molar-refractivity contribution >= 4 is 17.0 Å². The minimum absolute atomic E-state index is 0.00330. The van der Waals surface area contributed by atoms with Crippen molar-refractivity contribution in [3.63, 3.8) is 0 Å². The zero-order valence-corrected chi connectivity index (χ0v) is 18.9. The first-order chi connectivity index (χ1) is 15.8. The fourth-order valence-corrected chi connectivity index (χ4v) is 4.20. The first kappa shape index (κ1) is 22.8. The van der Waals surface area contributed by atoms with Crippen LogP contribution in [0, 0.1) is 0 Å². The number of imidazole rings is 1. The molecule has 0 radical (unpaired) electrons. The van der Waals surface area contributed by atoms with Gasteiger partial charge in [-0.3, -0.25) is 23.6 Å². The second-order valence-electron chi connectivity index (χ2n) is 8.16. The predicted molar refractivity (Wildman–Crippen MR) is 119 cm³/mol. The number of carbonyl (C=O) groups excluding carboxylic acids is 1. The second kappa shape index (κ2) is 9.24. The molecule has 1 atom stereocenters. The molecule has 1 N–H and O–H groups in total. The zero-order valence-electron chi connectivity index (χ0n) is 18.9. The van der Waals surface area contributed by atoms with Crippen LogP contribution in [-0.4, -0.2) is 58.5 Å². The van der Waals surface area contributed by atoms with Crippen molar-refractivity contribution < 1.29 is 23.8 Å². The van der Waals surface area contributed by atoms with Crippen LogP contribution in [0.4, 0.5) is 0 Å². The Balaban J connectivity index is 1.81. The molecule has 176 valence electrons. The molecule has 1 saturated heterocycles. The Bertz CT molecular complexity index is 1300. The van der Waals surface area contributed by atoms with Crippen molar-refractivity contribution in [2.24, 2.45) is 14.1 Å². The highest BCUT2D eigenvalue weighted by Gasteiger charge is 2.28. The smallest absolute Gasteiger partial charge is 0.328 e. The van der Waals surface area contributed by atoms with Crippen LogP contribution >= 0.6 is 0 Å². The molecular weight excluding hydrogens is 430 g/mol. The summed E-state index contributed by atoms with van der Waals surface area (Å²) < 4.78 is 19.3. The van der Waals surface area contributed by atoms with E-state index in [9.17, 15) is 19.5 Å². The summed E-state index contributed by atoms with van der Waals surface area (Å²) >= 11 is 0. The number of aromatic hydroxyl groups is 1. The molecule has 33 heavy (non-hydrogen) atoms. The first-order valence-electron chi connectivity index (χ1n) is 10.7. The van der Waals surface area contributed by atoms with Crippen LogP contribution < -0.4 is 11.1 Å². The fraction of sp³-hybridized carbons (Fsp3) is 0.435. The van der Waals surface area contributed by atoms with Crippen LogP contribution in [0.2, 0.25) is 0 Å². The maximum absolute atomic E-state index is 12.6. The van der Waals surface area contributed by atoms with Gasteiger partial charge in [-0.2, -0.15) is 0 Å². The van der Waals surface area contributed by atoms with Gasteiger partial charge < -0.3 is 19.0 Å². The molecule has 0 aliphatic carbocycles. The number of aromatic nitrogens is 2. The van der Waals surface area contributed by atoms with E-state index in [2.05, 4.69) is 4.90 Å². The molecule has 0 saturated carbocycles. The average Bonchev–Trinajstić information content (AvgIpc) is 3.04. The van der Waals surface area contributed by atoms with Gasteiger partial charge in [-0.1, -0.05) is 6.07 Å². The number of benzene rings is 1. The van der Waals surface area contributed by atoms with Crippen LogP contribution in [0.25, 0.3) is 11.0 Å². The Morgan fingerprint density at radius 1 is 1.12 bits per heavy atom. The number of fused-ring (bicyclic) bond motifs is 1. The lowest BCUT2D eigenvalue weighted by molar-refractivity contribution is -0.140. The monoisotopic (exact) mass is 457 g/mol. The number of rotatable bonds is 6. The molecule has 3 aromatic rings. The molecule has 3 heterocycles. The van der Waals surface area contributed by atoms with Gasteiger partial charge in [-0.15, -0.1) is 0 Å². The number of hydrogen-bond acceptors (Lipinski definition) is 8. The van der Waals surface area contributed by atoms with Crippen molar-refractivity contribution in [1.29, 1.82) is 0 Å². The highest BCUT2D eigenvalue weighted by molar-refractivity contribution is 5.78. The Labute approximate surface area is 189 Å². The third-order valence-corrected chi connectivity index (χ3v) is 6.10. The number of nitrogens with zero attached hydrogens (tertiary/aromatic N) is 3. The summed E-state index contributed by atoms with van der Waals surface area (Å²) in [7, 11) is 4.61. The molecule has 10 heteroatoms. The lowest BCUT2D eigenvalue weighted by atomic mass is 9.91. The molecule has 1 aliphatic heterocycles. The van der Waals surface area contributed by atoms with Crippen LogP contribution in [-0.2, 0) is 34.9 Å². The third kappa shape index (κ3) is 4.44. The molecule has 0 unspecified atom stereocenters. The Morgan fingerprint density at radius 2 is 1.82 bits per heavy atom. The van der Waals surface area contributed by atoms with Gasteiger partial charge in [0.15, 0.2) is 5.76 Å². The maximum Gasteiger partial charge on any atom is 0.328 e. The predicted octanol–water partition coefficient (Wildman–Crippen LogP) is 1.06. The minimum Gasteiger partial charge on any atom is -0.502 e. The van der Waals surface area contributed by atoms with Gasteiger partial charge in [0.25, 0.3) is 0 Å². The Hall–Kier alpha value is -3.37. The van der Waals surface area contributed by atoms with Gasteiger partial charge in [-0.05, 0) is 17.7 Å². The third-order valence-electron chi connectivity index (χ3n) is 6.10. The summed E-state index contributed by atoms with van der Waals surface area (Å²) in [6.45, 7) is 2.96. The minimum atomic E-state index is -0.783. The fourth-order valence-electron chi connectivity index (χ4n) is 4.20. The summed E-state index contributed by atoms with van der Waals surface area (Å²) in [4.78, 5) is 39.3. The van der Waals surface area contributed by atoms with E-state index in [1.165, 1.54) is 22.3 Å². The molecule has 1 fully saturated rings. The molecule has 0 bridgehead atoms. The number of aryl methyl sites for hydroxylation is 2. The van der Waals surface area contributed by atoms with Crippen molar-refractivity contribution in [3.05, 3.63) is 62.1 Å². The van der Waals surface area contributed by atoms with Gasteiger partial charge in [0.05, 0.1) is 50.2 Å². The average molecular weight is 457 g/mol. The van der Waals surface area contributed by atoms with E-state index in [0.717, 1.165) is 5.52 Å². The van der Waals surface area contributed by atoms with E-state index >= 15 is 0 Å². The Kier molecular flexibility index (Phi) is 6.39. The van der Waals surface area contributed by atoms with Crippen LogP contribution in [0.3, 0.4) is 0 Å². The topological polar surface area (TPSA) is 116 Å². The van der Waals surface area contributed by atoms with E-state index < -0.39 is 23.1 Å². The normalized spacial score (nSPS) is 15.6. The lowest BCUT2D eigenvalue weighted by Gasteiger charge is -2.26. The van der Waals surface area contributed by atoms with E-state index in [4.69, 9.17) is 13.9 Å². The summed E-state index contributed by atoms with van der Waals surface area (Å²) in [5.74, 6) is -1.47. The van der Waals surface area contributed by atoms with Gasteiger partial charge in [0.1, 0.15) is 5.76 Å². The molecule has 0 spiro atoms. The van der Waals surface area contributed by atoms with Crippen molar-refractivity contribution in [1.82, 2.24) is 14.0 Å². The number of methoxy groups -OCH3 is 1. The van der Waals surface area contributed by atoms with Crippen molar-refractivity contribution in [2.45, 2.75) is 18.9 Å². The number of carbonyl (C=O) groups is 1. The highest BCUT2D eigenvalue weighted by atomic mass is 16.5. The number of ether oxygens (including phenoxy) is 2. The number of hydrogen-bond donors (Lipinski definition) is 1. The summed E-state index contributed by atoms with van der Waals surface area (Å²) in [6, 6.07) is 6.55. The van der Waals surface area contributed by atoms with Gasteiger partial charge in [-0.25, -0.2) is 4.79 Å². The molecule has 2 aromatic heterocycles. The van der Waals surface area contributed by atoms with Crippen LogP contribution in [0.1, 0.15) is 29.4 Å². The summed E-state index contributed by atoms with van der Waals surface area (Å²) in [5, 5.41) is 10.6. The zero-order chi connectivity index (χ0) is 23.7. The van der Waals surface area contributed by atoms with E-state index in [0.29, 0.717) is 49.7 Å². The molecular formula is C23H27N3O7. The van der Waals surface area contributed by atoms with Crippen molar-refractivity contribution in [2.75, 3.05) is 33.4 Å². The maximum atomic E-state index is 12.6.